The standard InChI is InChI=1S/C25H25N3O2/c29-24(20-8-10-21(11-9-20)26-12-4-5-13-26)27-14-16-28(17-15-27)25(30)23-18-22(23)19-6-2-1-3-7-19/h1-13,22-23H,14-18H2/t22-,23+/m0/s1. The van der Waals surface area contributed by atoms with Crippen molar-refractivity contribution in [3.05, 3.63) is 90.3 Å². The lowest BCUT2D eigenvalue weighted by molar-refractivity contribution is -0.134. The largest absolute Gasteiger partial charge is 0.339 e. The van der Waals surface area contributed by atoms with Crippen LogP contribution in [0.5, 0.6) is 0 Å². The zero-order valence-electron chi connectivity index (χ0n) is 16.9. The van der Waals surface area contributed by atoms with Crippen molar-refractivity contribution in [1.82, 2.24) is 14.4 Å². The van der Waals surface area contributed by atoms with Crippen LogP contribution in [0, 0.1) is 5.92 Å². The van der Waals surface area contributed by atoms with Crippen molar-refractivity contribution < 1.29 is 9.59 Å². The Labute approximate surface area is 176 Å². The summed E-state index contributed by atoms with van der Waals surface area (Å²) in [5.74, 6) is 0.745. The van der Waals surface area contributed by atoms with E-state index in [-0.39, 0.29) is 17.7 Å². The smallest absolute Gasteiger partial charge is 0.253 e. The Hall–Kier alpha value is -3.34. The van der Waals surface area contributed by atoms with E-state index in [1.54, 1.807) is 0 Å². The van der Waals surface area contributed by atoms with E-state index in [1.165, 1.54) is 5.56 Å². The van der Waals surface area contributed by atoms with E-state index in [2.05, 4.69) is 12.1 Å². The number of carbonyl (C=O) groups is 2. The highest BCUT2D eigenvalue weighted by Crippen LogP contribution is 2.48. The third-order valence-corrected chi connectivity index (χ3v) is 6.23. The molecule has 2 amide bonds. The van der Waals surface area contributed by atoms with Crippen molar-refractivity contribution in [2.24, 2.45) is 5.92 Å². The molecule has 1 aromatic heterocycles. The van der Waals surface area contributed by atoms with Gasteiger partial charge in [-0.2, -0.15) is 0 Å². The van der Waals surface area contributed by atoms with Gasteiger partial charge in [0.15, 0.2) is 0 Å². The number of amides is 2. The average molecular weight is 399 g/mol. The summed E-state index contributed by atoms with van der Waals surface area (Å²) in [5, 5.41) is 0. The maximum Gasteiger partial charge on any atom is 0.253 e. The number of piperazine rings is 1. The van der Waals surface area contributed by atoms with Gasteiger partial charge in [-0.05, 0) is 54.3 Å². The van der Waals surface area contributed by atoms with Gasteiger partial charge in [0.1, 0.15) is 0 Å². The molecule has 2 aliphatic rings. The van der Waals surface area contributed by atoms with Gasteiger partial charge in [0.25, 0.3) is 5.91 Å². The molecule has 1 saturated carbocycles. The molecule has 2 atom stereocenters. The van der Waals surface area contributed by atoms with Crippen LogP contribution in [-0.2, 0) is 4.79 Å². The Balaban J connectivity index is 1.16. The summed E-state index contributed by atoms with van der Waals surface area (Å²) < 4.78 is 2.01. The van der Waals surface area contributed by atoms with Gasteiger partial charge in [-0.15, -0.1) is 0 Å². The third kappa shape index (κ3) is 3.63. The number of aromatic nitrogens is 1. The molecule has 0 unspecified atom stereocenters. The molecule has 5 heteroatoms. The van der Waals surface area contributed by atoms with Gasteiger partial charge >= 0.3 is 0 Å². The van der Waals surface area contributed by atoms with Crippen LogP contribution in [0.25, 0.3) is 5.69 Å². The minimum Gasteiger partial charge on any atom is -0.339 e. The Morgan fingerprint density at radius 2 is 1.37 bits per heavy atom. The molecule has 0 N–H and O–H groups in total. The first-order valence-corrected chi connectivity index (χ1v) is 10.6. The highest BCUT2D eigenvalue weighted by atomic mass is 16.2. The monoisotopic (exact) mass is 399 g/mol. The maximum atomic E-state index is 12.9. The summed E-state index contributed by atoms with van der Waals surface area (Å²) in [6.07, 6.45) is 4.90. The van der Waals surface area contributed by atoms with Crippen molar-refractivity contribution in [2.45, 2.75) is 12.3 Å². The van der Waals surface area contributed by atoms with Gasteiger partial charge in [0.05, 0.1) is 0 Å². The van der Waals surface area contributed by atoms with Gasteiger partial charge in [-0.1, -0.05) is 30.3 Å². The molecule has 152 valence electrons. The molecular weight excluding hydrogens is 374 g/mol. The molecular formula is C25H25N3O2. The summed E-state index contributed by atoms with van der Waals surface area (Å²) in [6.45, 7) is 2.41. The van der Waals surface area contributed by atoms with E-state index in [9.17, 15) is 9.59 Å². The highest BCUT2D eigenvalue weighted by molar-refractivity contribution is 5.94. The quantitative estimate of drug-likeness (QED) is 0.673. The Morgan fingerprint density at radius 1 is 0.733 bits per heavy atom. The molecule has 1 aliphatic carbocycles. The predicted molar refractivity (Wildman–Crippen MR) is 116 cm³/mol. The minimum atomic E-state index is 0.0368. The number of nitrogens with zero attached hydrogens (tertiary/aromatic N) is 3. The van der Waals surface area contributed by atoms with Crippen LogP contribution in [0.15, 0.2) is 79.1 Å². The maximum absolute atomic E-state index is 12.9. The number of benzene rings is 2. The molecule has 1 aliphatic heterocycles. The van der Waals surface area contributed by atoms with Crippen molar-refractivity contribution in [1.29, 1.82) is 0 Å². The summed E-state index contributed by atoms with van der Waals surface area (Å²) >= 11 is 0. The van der Waals surface area contributed by atoms with E-state index in [4.69, 9.17) is 0 Å². The van der Waals surface area contributed by atoms with Gasteiger partial charge in [-0.3, -0.25) is 9.59 Å². The fourth-order valence-electron chi connectivity index (χ4n) is 4.37. The predicted octanol–water partition coefficient (Wildman–Crippen LogP) is 3.57. The fourth-order valence-corrected chi connectivity index (χ4v) is 4.37. The molecule has 0 radical (unpaired) electrons. The Bertz CT molecular complexity index is 1020. The van der Waals surface area contributed by atoms with Crippen LogP contribution in [0.2, 0.25) is 0 Å². The minimum absolute atomic E-state index is 0.0368. The van der Waals surface area contributed by atoms with E-state index in [0.29, 0.717) is 37.7 Å². The van der Waals surface area contributed by atoms with Crippen LogP contribution in [0.1, 0.15) is 28.3 Å². The van der Waals surface area contributed by atoms with Gasteiger partial charge in [0.2, 0.25) is 5.91 Å². The number of carbonyl (C=O) groups excluding carboxylic acids is 2. The zero-order chi connectivity index (χ0) is 20.5. The van der Waals surface area contributed by atoms with Gasteiger partial charge in [-0.25, -0.2) is 0 Å². The molecule has 2 heterocycles. The fraction of sp³-hybridized carbons (Fsp3) is 0.280. The van der Waals surface area contributed by atoms with E-state index in [0.717, 1.165) is 12.1 Å². The molecule has 5 rings (SSSR count). The lowest BCUT2D eigenvalue weighted by atomic mass is 10.1. The first-order valence-electron chi connectivity index (χ1n) is 10.6. The lowest BCUT2D eigenvalue weighted by Crippen LogP contribution is -2.51. The molecule has 5 nitrogen and oxygen atoms in total. The van der Waals surface area contributed by atoms with Gasteiger partial charge < -0.3 is 14.4 Å². The summed E-state index contributed by atoms with van der Waals surface area (Å²) in [4.78, 5) is 29.5. The molecule has 0 bridgehead atoms. The van der Waals surface area contributed by atoms with Crippen LogP contribution in [0.3, 0.4) is 0 Å². The summed E-state index contributed by atoms with van der Waals surface area (Å²) in [7, 11) is 0. The van der Waals surface area contributed by atoms with Crippen molar-refractivity contribution in [2.75, 3.05) is 26.2 Å². The van der Waals surface area contributed by atoms with E-state index < -0.39 is 0 Å². The normalized spacial score (nSPS) is 20.8. The summed E-state index contributed by atoms with van der Waals surface area (Å²) in [5.41, 5.74) is 2.98. The molecule has 1 saturated heterocycles. The number of rotatable bonds is 4. The highest BCUT2D eigenvalue weighted by Gasteiger charge is 2.46. The second-order valence-electron chi connectivity index (χ2n) is 8.11. The first kappa shape index (κ1) is 18.7. The Morgan fingerprint density at radius 3 is 2.03 bits per heavy atom. The molecule has 0 spiro atoms. The topological polar surface area (TPSA) is 45.6 Å². The second-order valence-corrected chi connectivity index (χ2v) is 8.11. The average Bonchev–Trinajstić information content (AvgIpc) is 3.43. The van der Waals surface area contributed by atoms with Crippen LogP contribution >= 0.6 is 0 Å². The third-order valence-electron chi connectivity index (χ3n) is 6.23. The number of hydrogen-bond acceptors (Lipinski definition) is 2. The second kappa shape index (κ2) is 7.82. The van der Waals surface area contributed by atoms with Crippen molar-refractivity contribution in [3.8, 4) is 5.69 Å². The Kier molecular flexibility index (Phi) is 4.87. The van der Waals surface area contributed by atoms with Crippen molar-refractivity contribution in [3.63, 3.8) is 0 Å². The number of hydrogen-bond donors (Lipinski definition) is 0. The molecule has 3 aromatic rings. The molecule has 2 fully saturated rings. The van der Waals surface area contributed by atoms with E-state index in [1.807, 2.05) is 81.4 Å². The van der Waals surface area contributed by atoms with E-state index >= 15 is 0 Å². The summed E-state index contributed by atoms with van der Waals surface area (Å²) in [6, 6.07) is 21.9. The van der Waals surface area contributed by atoms with Crippen LogP contribution in [-0.4, -0.2) is 52.4 Å². The lowest BCUT2D eigenvalue weighted by Gasteiger charge is -2.35. The van der Waals surface area contributed by atoms with Crippen LogP contribution in [0.4, 0.5) is 0 Å². The van der Waals surface area contributed by atoms with Crippen molar-refractivity contribution >= 4 is 11.8 Å². The molecule has 2 aromatic carbocycles. The zero-order valence-corrected chi connectivity index (χ0v) is 16.9. The molecule has 30 heavy (non-hydrogen) atoms. The van der Waals surface area contributed by atoms with Crippen LogP contribution < -0.4 is 0 Å². The first-order chi connectivity index (χ1) is 14.7. The SMILES string of the molecule is O=C(c1ccc(-n2cccc2)cc1)N1CCN(C(=O)[C@@H]2C[C@H]2c2ccccc2)CC1. The van der Waals surface area contributed by atoms with Gasteiger partial charge in [0, 0.05) is 55.7 Å².